The van der Waals surface area contributed by atoms with Gasteiger partial charge in [-0.2, -0.15) is 0 Å². The first kappa shape index (κ1) is 16.8. The van der Waals surface area contributed by atoms with E-state index in [2.05, 4.69) is 26.6 Å². The van der Waals surface area contributed by atoms with E-state index in [0.717, 1.165) is 29.3 Å². The number of benzene rings is 1. The second kappa shape index (κ2) is 7.21. The molecule has 1 aromatic heterocycles. The smallest absolute Gasteiger partial charge is 0.287 e. The van der Waals surface area contributed by atoms with Crippen LogP contribution in [0.5, 0.6) is 0 Å². The lowest BCUT2D eigenvalue weighted by atomic mass is 9.64. The van der Waals surface area contributed by atoms with Crippen molar-refractivity contribution in [2.24, 2.45) is 0 Å². The molecule has 0 radical (unpaired) electrons. The zero-order valence-electron chi connectivity index (χ0n) is 13.2. The fourth-order valence-electron chi connectivity index (χ4n) is 2.96. The van der Waals surface area contributed by atoms with Gasteiger partial charge in [0.15, 0.2) is 5.76 Å². The van der Waals surface area contributed by atoms with Gasteiger partial charge in [0, 0.05) is 17.6 Å². The lowest BCUT2D eigenvalue weighted by molar-refractivity contribution is -0.129. The summed E-state index contributed by atoms with van der Waals surface area (Å²) in [7, 11) is 0. The van der Waals surface area contributed by atoms with Crippen molar-refractivity contribution in [1.82, 2.24) is 10.6 Å². The van der Waals surface area contributed by atoms with Crippen LogP contribution in [-0.2, 0) is 10.2 Å². The molecule has 0 atom stereocenters. The Balaban J connectivity index is 1.52. The van der Waals surface area contributed by atoms with Crippen molar-refractivity contribution in [3.63, 3.8) is 0 Å². The van der Waals surface area contributed by atoms with Crippen molar-refractivity contribution in [3.05, 3.63) is 58.5 Å². The summed E-state index contributed by atoms with van der Waals surface area (Å²) in [5.41, 5.74) is 0.625. The first-order valence-electron chi connectivity index (χ1n) is 7.98. The van der Waals surface area contributed by atoms with Crippen molar-refractivity contribution < 1.29 is 14.0 Å². The number of carbonyl (C=O) groups excluding carboxylic acids is 2. The summed E-state index contributed by atoms with van der Waals surface area (Å²) in [5, 5.41) is 5.66. The van der Waals surface area contributed by atoms with E-state index in [9.17, 15) is 9.59 Å². The van der Waals surface area contributed by atoms with Gasteiger partial charge < -0.3 is 15.1 Å². The molecule has 0 unspecified atom stereocenters. The van der Waals surface area contributed by atoms with Crippen molar-refractivity contribution in [2.45, 2.75) is 24.7 Å². The number of rotatable bonds is 6. The lowest BCUT2D eigenvalue weighted by Gasteiger charge is -2.40. The number of furan rings is 1. The molecule has 3 rings (SSSR count). The van der Waals surface area contributed by atoms with Crippen LogP contribution in [0.2, 0.25) is 0 Å². The van der Waals surface area contributed by atoms with Crippen LogP contribution in [0.1, 0.15) is 35.4 Å². The average molecular weight is 391 g/mol. The molecule has 2 amide bonds. The fraction of sp³-hybridized carbons (Fsp3) is 0.333. The minimum absolute atomic E-state index is 0.0309. The molecule has 24 heavy (non-hydrogen) atoms. The van der Waals surface area contributed by atoms with E-state index in [1.54, 1.807) is 12.1 Å². The third-order valence-electron chi connectivity index (χ3n) is 4.48. The zero-order chi connectivity index (χ0) is 17.0. The largest absolute Gasteiger partial charge is 0.459 e. The Morgan fingerprint density at radius 1 is 1.08 bits per heavy atom. The molecule has 2 N–H and O–H groups in total. The Kier molecular flexibility index (Phi) is 5.04. The summed E-state index contributed by atoms with van der Waals surface area (Å²) < 4.78 is 6.02. The Hall–Kier alpha value is -2.08. The molecule has 6 heteroatoms. The van der Waals surface area contributed by atoms with Crippen LogP contribution >= 0.6 is 15.9 Å². The molecular formula is C18H19BrN2O3. The monoisotopic (exact) mass is 390 g/mol. The van der Waals surface area contributed by atoms with E-state index in [4.69, 9.17) is 4.42 Å². The van der Waals surface area contributed by atoms with Crippen molar-refractivity contribution in [2.75, 3.05) is 13.1 Å². The Morgan fingerprint density at radius 2 is 1.79 bits per heavy atom. The second-order valence-corrected chi connectivity index (χ2v) is 6.85. The molecule has 0 aliphatic heterocycles. The van der Waals surface area contributed by atoms with Crippen LogP contribution in [0.25, 0.3) is 0 Å². The van der Waals surface area contributed by atoms with Crippen LogP contribution < -0.4 is 10.6 Å². The molecule has 0 spiro atoms. The van der Waals surface area contributed by atoms with Gasteiger partial charge in [-0.05, 0) is 42.7 Å². The van der Waals surface area contributed by atoms with E-state index in [1.807, 2.05) is 24.3 Å². The quantitative estimate of drug-likeness (QED) is 0.744. The first-order chi connectivity index (χ1) is 11.6. The van der Waals surface area contributed by atoms with Crippen LogP contribution in [-0.4, -0.2) is 24.9 Å². The summed E-state index contributed by atoms with van der Waals surface area (Å²) in [6, 6.07) is 11.2. The first-order valence-corrected chi connectivity index (χ1v) is 8.77. The maximum absolute atomic E-state index is 12.7. The zero-order valence-corrected chi connectivity index (χ0v) is 14.8. The third-order valence-corrected chi connectivity index (χ3v) is 5.01. The second-order valence-electron chi connectivity index (χ2n) is 5.93. The van der Waals surface area contributed by atoms with Gasteiger partial charge >= 0.3 is 0 Å². The van der Waals surface area contributed by atoms with Gasteiger partial charge in [-0.3, -0.25) is 9.59 Å². The van der Waals surface area contributed by atoms with Crippen LogP contribution in [0.4, 0.5) is 0 Å². The van der Waals surface area contributed by atoms with Gasteiger partial charge in [-0.15, -0.1) is 0 Å². The molecule has 1 aliphatic rings. The highest BCUT2D eigenvalue weighted by molar-refractivity contribution is 9.10. The fourth-order valence-corrected chi connectivity index (χ4v) is 3.23. The highest BCUT2D eigenvalue weighted by atomic mass is 79.9. The Morgan fingerprint density at radius 3 is 2.38 bits per heavy atom. The number of carbonyl (C=O) groups is 2. The van der Waals surface area contributed by atoms with Gasteiger partial charge in [0.1, 0.15) is 0 Å². The highest BCUT2D eigenvalue weighted by Gasteiger charge is 2.45. The van der Waals surface area contributed by atoms with Crippen LogP contribution in [0.3, 0.4) is 0 Å². The molecule has 1 aliphatic carbocycles. The minimum Gasteiger partial charge on any atom is -0.459 e. The minimum atomic E-state index is -0.425. The molecule has 126 valence electrons. The van der Waals surface area contributed by atoms with E-state index in [1.165, 1.54) is 6.26 Å². The summed E-state index contributed by atoms with van der Waals surface area (Å²) in [4.78, 5) is 24.4. The van der Waals surface area contributed by atoms with E-state index < -0.39 is 5.41 Å². The summed E-state index contributed by atoms with van der Waals surface area (Å²) in [6.45, 7) is 0.755. The number of hydrogen-bond donors (Lipinski definition) is 2. The molecule has 5 nitrogen and oxygen atoms in total. The summed E-state index contributed by atoms with van der Waals surface area (Å²) in [6.07, 6.45) is 4.23. The van der Waals surface area contributed by atoms with E-state index in [-0.39, 0.29) is 17.6 Å². The van der Waals surface area contributed by atoms with Crippen molar-refractivity contribution in [3.8, 4) is 0 Å². The molecule has 1 heterocycles. The number of amides is 2. The molecule has 1 saturated carbocycles. The predicted octanol–water partition coefficient (Wildman–Crippen LogP) is 3.01. The molecular weight excluding hydrogens is 372 g/mol. The Bertz CT molecular complexity index is 706. The van der Waals surface area contributed by atoms with E-state index >= 15 is 0 Å². The number of hydrogen-bond acceptors (Lipinski definition) is 3. The molecule has 1 fully saturated rings. The summed E-state index contributed by atoms with van der Waals surface area (Å²) >= 11 is 3.42. The number of halogens is 1. The third kappa shape index (κ3) is 3.38. The van der Waals surface area contributed by atoms with Crippen LogP contribution in [0.15, 0.2) is 51.6 Å². The van der Waals surface area contributed by atoms with Gasteiger partial charge in [0.2, 0.25) is 5.91 Å². The SMILES string of the molecule is O=C(NCCNC(=O)C1(c2ccc(Br)cc2)CCC1)c1ccco1. The molecule has 1 aromatic carbocycles. The lowest BCUT2D eigenvalue weighted by Crippen LogP contribution is -2.50. The van der Waals surface area contributed by atoms with Gasteiger partial charge in [0.25, 0.3) is 5.91 Å². The van der Waals surface area contributed by atoms with Crippen molar-refractivity contribution in [1.29, 1.82) is 0 Å². The van der Waals surface area contributed by atoms with E-state index in [0.29, 0.717) is 13.1 Å². The van der Waals surface area contributed by atoms with Crippen LogP contribution in [0, 0.1) is 0 Å². The summed E-state index contributed by atoms with van der Waals surface area (Å²) in [5.74, 6) is 0.0236. The topological polar surface area (TPSA) is 71.3 Å². The van der Waals surface area contributed by atoms with Gasteiger partial charge in [-0.1, -0.05) is 34.5 Å². The average Bonchev–Trinajstić information content (AvgIpc) is 3.06. The van der Waals surface area contributed by atoms with Gasteiger partial charge in [-0.25, -0.2) is 0 Å². The maximum Gasteiger partial charge on any atom is 0.287 e. The maximum atomic E-state index is 12.7. The molecule has 0 saturated heterocycles. The molecule has 0 bridgehead atoms. The number of nitrogens with one attached hydrogen (secondary N) is 2. The Labute approximate surface area is 148 Å². The predicted molar refractivity (Wildman–Crippen MR) is 93.7 cm³/mol. The highest BCUT2D eigenvalue weighted by Crippen LogP contribution is 2.44. The van der Waals surface area contributed by atoms with Gasteiger partial charge in [0.05, 0.1) is 11.7 Å². The molecule has 2 aromatic rings. The normalized spacial score (nSPS) is 15.4. The standard InChI is InChI=1S/C18H19BrN2O3/c19-14-6-4-13(5-7-14)18(8-2-9-18)17(23)21-11-10-20-16(22)15-3-1-12-24-15/h1,3-7,12H,2,8-11H2,(H,20,22)(H,21,23). The van der Waals surface area contributed by atoms with Crippen molar-refractivity contribution >= 4 is 27.7 Å².